The SMILES string of the molecule is CCc1ccc2[nH]c(C(=O)NCCNC=O)cc2c1. The number of hydrogen-bond acceptors (Lipinski definition) is 2. The van der Waals surface area contributed by atoms with Gasteiger partial charge in [0.25, 0.3) is 5.91 Å². The lowest BCUT2D eigenvalue weighted by Gasteiger charge is -2.02. The molecule has 0 saturated heterocycles. The third-order valence-electron chi connectivity index (χ3n) is 2.98. The number of H-pyrrole nitrogens is 1. The Hall–Kier alpha value is -2.30. The largest absolute Gasteiger partial charge is 0.357 e. The number of nitrogens with one attached hydrogen (secondary N) is 3. The molecule has 1 aromatic heterocycles. The monoisotopic (exact) mass is 259 g/mol. The molecule has 5 nitrogen and oxygen atoms in total. The average molecular weight is 259 g/mol. The van der Waals surface area contributed by atoms with Crippen LogP contribution < -0.4 is 10.6 Å². The number of aromatic amines is 1. The second-order valence-electron chi connectivity index (χ2n) is 4.29. The Morgan fingerprint density at radius 3 is 2.89 bits per heavy atom. The molecule has 2 rings (SSSR count). The first-order valence-corrected chi connectivity index (χ1v) is 6.31. The van der Waals surface area contributed by atoms with Crippen molar-refractivity contribution >= 4 is 23.2 Å². The molecule has 0 spiro atoms. The first-order valence-electron chi connectivity index (χ1n) is 6.31. The smallest absolute Gasteiger partial charge is 0.267 e. The van der Waals surface area contributed by atoms with Crippen LogP contribution >= 0.6 is 0 Å². The normalized spacial score (nSPS) is 10.4. The molecule has 0 aliphatic heterocycles. The van der Waals surface area contributed by atoms with Crippen LogP contribution in [0.25, 0.3) is 10.9 Å². The first-order chi connectivity index (χ1) is 9.24. The summed E-state index contributed by atoms with van der Waals surface area (Å²) in [4.78, 5) is 25.0. The molecule has 0 atom stereocenters. The van der Waals surface area contributed by atoms with Gasteiger partial charge < -0.3 is 15.6 Å². The fourth-order valence-electron chi connectivity index (χ4n) is 1.93. The van der Waals surface area contributed by atoms with E-state index < -0.39 is 0 Å². The predicted octanol–water partition coefficient (Wildman–Crippen LogP) is 1.21. The Morgan fingerprint density at radius 2 is 2.16 bits per heavy atom. The maximum absolute atomic E-state index is 11.9. The summed E-state index contributed by atoms with van der Waals surface area (Å²) in [5.74, 6) is -0.165. The summed E-state index contributed by atoms with van der Waals surface area (Å²) in [5, 5.41) is 6.26. The van der Waals surface area contributed by atoms with Gasteiger partial charge in [-0.1, -0.05) is 13.0 Å². The maximum Gasteiger partial charge on any atom is 0.267 e. The zero-order valence-corrected chi connectivity index (χ0v) is 10.8. The number of rotatable bonds is 6. The lowest BCUT2D eigenvalue weighted by atomic mass is 10.1. The third-order valence-corrected chi connectivity index (χ3v) is 2.98. The number of carbonyl (C=O) groups excluding carboxylic acids is 2. The minimum atomic E-state index is -0.165. The molecular weight excluding hydrogens is 242 g/mol. The molecule has 5 heteroatoms. The number of fused-ring (bicyclic) bond motifs is 1. The molecule has 0 radical (unpaired) electrons. The topological polar surface area (TPSA) is 74.0 Å². The summed E-state index contributed by atoms with van der Waals surface area (Å²) in [6.07, 6.45) is 1.58. The van der Waals surface area contributed by atoms with Gasteiger partial charge in [-0.15, -0.1) is 0 Å². The van der Waals surface area contributed by atoms with E-state index in [1.165, 1.54) is 5.56 Å². The Kier molecular flexibility index (Phi) is 4.18. The fraction of sp³-hybridized carbons (Fsp3) is 0.286. The van der Waals surface area contributed by atoms with E-state index in [-0.39, 0.29) is 5.91 Å². The number of benzene rings is 1. The Bertz CT molecular complexity index is 589. The standard InChI is InChI=1S/C14H17N3O2/c1-2-10-3-4-12-11(7-10)8-13(17-12)14(19)16-6-5-15-9-18/h3-4,7-9,17H,2,5-6H2,1H3,(H,15,18)(H,16,19). The number of aromatic nitrogens is 1. The van der Waals surface area contributed by atoms with Crippen molar-refractivity contribution < 1.29 is 9.59 Å². The number of hydrogen-bond donors (Lipinski definition) is 3. The zero-order valence-electron chi connectivity index (χ0n) is 10.8. The molecule has 0 saturated carbocycles. The van der Waals surface area contributed by atoms with E-state index in [9.17, 15) is 9.59 Å². The highest BCUT2D eigenvalue weighted by Gasteiger charge is 2.08. The lowest BCUT2D eigenvalue weighted by molar-refractivity contribution is -0.109. The van der Waals surface area contributed by atoms with E-state index in [1.54, 1.807) is 0 Å². The van der Waals surface area contributed by atoms with Gasteiger partial charge in [-0.25, -0.2) is 0 Å². The van der Waals surface area contributed by atoms with Crippen LogP contribution in [0.1, 0.15) is 23.0 Å². The van der Waals surface area contributed by atoms with Gasteiger partial charge in [-0.3, -0.25) is 9.59 Å². The molecular formula is C14H17N3O2. The van der Waals surface area contributed by atoms with Crippen LogP contribution in [0.15, 0.2) is 24.3 Å². The zero-order chi connectivity index (χ0) is 13.7. The van der Waals surface area contributed by atoms with Crippen LogP contribution in [0.4, 0.5) is 0 Å². The highest BCUT2D eigenvalue weighted by molar-refractivity contribution is 5.98. The molecule has 3 N–H and O–H groups in total. The van der Waals surface area contributed by atoms with E-state index in [0.29, 0.717) is 25.2 Å². The second kappa shape index (κ2) is 6.04. The predicted molar refractivity (Wildman–Crippen MR) is 74.1 cm³/mol. The molecule has 2 aromatic rings. The van der Waals surface area contributed by atoms with E-state index >= 15 is 0 Å². The first kappa shape index (κ1) is 13.1. The van der Waals surface area contributed by atoms with Crippen molar-refractivity contribution in [1.82, 2.24) is 15.6 Å². The summed E-state index contributed by atoms with van der Waals surface area (Å²) in [5.41, 5.74) is 2.73. The summed E-state index contributed by atoms with van der Waals surface area (Å²) < 4.78 is 0. The molecule has 0 aliphatic carbocycles. The quantitative estimate of drug-likeness (QED) is 0.539. The summed E-state index contributed by atoms with van der Waals surface area (Å²) in [6.45, 7) is 2.93. The summed E-state index contributed by atoms with van der Waals surface area (Å²) in [7, 11) is 0. The second-order valence-corrected chi connectivity index (χ2v) is 4.29. The van der Waals surface area contributed by atoms with Crippen molar-refractivity contribution in [3.05, 3.63) is 35.5 Å². The van der Waals surface area contributed by atoms with Crippen molar-refractivity contribution in [3.63, 3.8) is 0 Å². The van der Waals surface area contributed by atoms with Gasteiger partial charge in [0.2, 0.25) is 6.41 Å². The maximum atomic E-state index is 11.9. The van der Waals surface area contributed by atoms with Crippen molar-refractivity contribution in [2.45, 2.75) is 13.3 Å². The van der Waals surface area contributed by atoms with Crippen LogP contribution in [0.2, 0.25) is 0 Å². The number of aryl methyl sites for hydroxylation is 1. The molecule has 0 fully saturated rings. The molecule has 2 amide bonds. The van der Waals surface area contributed by atoms with Gasteiger partial charge in [-0.2, -0.15) is 0 Å². The van der Waals surface area contributed by atoms with Gasteiger partial charge in [0, 0.05) is 24.0 Å². The van der Waals surface area contributed by atoms with Crippen LogP contribution in [0.3, 0.4) is 0 Å². The van der Waals surface area contributed by atoms with Crippen molar-refractivity contribution in [2.75, 3.05) is 13.1 Å². The molecule has 0 unspecified atom stereocenters. The van der Waals surface area contributed by atoms with E-state index in [4.69, 9.17) is 0 Å². The van der Waals surface area contributed by atoms with Gasteiger partial charge in [0.05, 0.1) is 0 Å². The molecule has 1 heterocycles. The van der Waals surface area contributed by atoms with Gasteiger partial charge in [0.1, 0.15) is 5.69 Å². The molecule has 100 valence electrons. The van der Waals surface area contributed by atoms with Crippen LogP contribution in [0.5, 0.6) is 0 Å². The fourth-order valence-corrected chi connectivity index (χ4v) is 1.93. The number of amides is 2. The molecule has 0 aliphatic rings. The number of carbonyl (C=O) groups is 2. The summed E-state index contributed by atoms with van der Waals surface area (Å²) >= 11 is 0. The van der Waals surface area contributed by atoms with Gasteiger partial charge in [0.15, 0.2) is 0 Å². The molecule has 1 aromatic carbocycles. The van der Waals surface area contributed by atoms with Crippen molar-refractivity contribution in [1.29, 1.82) is 0 Å². The van der Waals surface area contributed by atoms with Crippen molar-refractivity contribution in [2.24, 2.45) is 0 Å². The minimum absolute atomic E-state index is 0.165. The Labute approximate surface area is 111 Å². The molecule has 0 bridgehead atoms. The molecule has 19 heavy (non-hydrogen) atoms. The summed E-state index contributed by atoms with van der Waals surface area (Å²) in [6, 6.07) is 7.96. The average Bonchev–Trinajstić information content (AvgIpc) is 2.86. The Morgan fingerprint density at radius 1 is 1.32 bits per heavy atom. The highest BCUT2D eigenvalue weighted by Crippen LogP contribution is 2.17. The van der Waals surface area contributed by atoms with E-state index in [0.717, 1.165) is 17.3 Å². The van der Waals surface area contributed by atoms with Crippen LogP contribution in [-0.4, -0.2) is 30.4 Å². The lowest BCUT2D eigenvalue weighted by Crippen LogP contribution is -2.31. The van der Waals surface area contributed by atoms with Crippen LogP contribution in [0, 0.1) is 0 Å². The van der Waals surface area contributed by atoms with Crippen LogP contribution in [-0.2, 0) is 11.2 Å². The van der Waals surface area contributed by atoms with E-state index in [2.05, 4.69) is 34.7 Å². The van der Waals surface area contributed by atoms with Crippen molar-refractivity contribution in [3.8, 4) is 0 Å². The highest BCUT2D eigenvalue weighted by atomic mass is 16.2. The minimum Gasteiger partial charge on any atom is -0.357 e. The van der Waals surface area contributed by atoms with Gasteiger partial charge in [-0.05, 0) is 30.2 Å². The van der Waals surface area contributed by atoms with E-state index in [1.807, 2.05) is 12.1 Å². The third kappa shape index (κ3) is 3.13. The van der Waals surface area contributed by atoms with Gasteiger partial charge >= 0.3 is 0 Å². The Balaban J connectivity index is 2.07.